The second-order valence-corrected chi connectivity index (χ2v) is 6.10. The van der Waals surface area contributed by atoms with E-state index in [1.54, 1.807) is 32.3 Å². The van der Waals surface area contributed by atoms with Crippen molar-refractivity contribution < 1.29 is 9.59 Å². The molecule has 0 aromatic carbocycles. The first-order valence-electron chi connectivity index (χ1n) is 9.68. The van der Waals surface area contributed by atoms with Gasteiger partial charge >= 0.3 is 0 Å². The van der Waals surface area contributed by atoms with Gasteiger partial charge in [-0.1, -0.05) is 33.4 Å². The Balaban J connectivity index is 0.00000204. The molecule has 0 aliphatic rings. The van der Waals surface area contributed by atoms with Gasteiger partial charge in [0.15, 0.2) is 5.78 Å². The molecular weight excluding hydrogens is 364 g/mol. The van der Waals surface area contributed by atoms with Gasteiger partial charge in [-0.15, -0.1) is 0 Å². The number of hydrogen-bond acceptors (Lipinski definition) is 5. The van der Waals surface area contributed by atoms with Crippen LogP contribution in [0.25, 0.3) is 16.5 Å². The summed E-state index contributed by atoms with van der Waals surface area (Å²) in [5, 5.41) is 3.39. The number of pyridine rings is 2. The molecule has 6 nitrogen and oxygen atoms in total. The number of Topliss-reactive ketones (excluding diaryl/α,β-unsaturated/α-hetero) is 1. The average molecular weight is 395 g/mol. The minimum Gasteiger partial charge on any atom is -0.384 e. The zero-order valence-corrected chi connectivity index (χ0v) is 18.1. The average Bonchev–Trinajstić information content (AvgIpc) is 2.73. The third-order valence-corrected chi connectivity index (χ3v) is 4.24. The van der Waals surface area contributed by atoms with Gasteiger partial charge in [-0.05, 0) is 37.1 Å². The highest BCUT2D eigenvalue weighted by molar-refractivity contribution is 6.03. The molecule has 2 heterocycles. The molecule has 0 saturated carbocycles. The lowest BCUT2D eigenvalue weighted by molar-refractivity contribution is -0.114. The van der Waals surface area contributed by atoms with Crippen molar-refractivity contribution in [1.82, 2.24) is 15.3 Å². The molecule has 0 aliphatic heterocycles. The van der Waals surface area contributed by atoms with E-state index >= 15 is 0 Å². The van der Waals surface area contributed by atoms with Crippen LogP contribution >= 0.6 is 0 Å². The van der Waals surface area contributed by atoms with Crippen LogP contribution in [0.1, 0.15) is 57.1 Å². The van der Waals surface area contributed by atoms with E-state index in [0.717, 1.165) is 16.5 Å². The van der Waals surface area contributed by atoms with Crippen LogP contribution in [-0.4, -0.2) is 28.7 Å². The minimum atomic E-state index is -0.308. The van der Waals surface area contributed by atoms with E-state index in [1.165, 1.54) is 0 Å². The number of hydrogen-bond donors (Lipinski definition) is 2. The summed E-state index contributed by atoms with van der Waals surface area (Å²) < 4.78 is 0. The third-order valence-electron chi connectivity index (χ3n) is 4.24. The Hall–Kier alpha value is -3.28. The molecule has 2 aromatic rings. The van der Waals surface area contributed by atoms with Gasteiger partial charge in [0.2, 0.25) is 0 Å². The Morgan fingerprint density at radius 2 is 1.93 bits per heavy atom. The molecule has 0 spiro atoms. The molecule has 2 aromatic heterocycles. The summed E-state index contributed by atoms with van der Waals surface area (Å²) in [7, 11) is 1.55. The molecule has 1 amide bonds. The summed E-state index contributed by atoms with van der Waals surface area (Å²) >= 11 is 0. The number of anilines is 1. The van der Waals surface area contributed by atoms with Crippen molar-refractivity contribution >= 4 is 34.0 Å². The van der Waals surface area contributed by atoms with Crippen molar-refractivity contribution in [2.24, 2.45) is 0 Å². The summed E-state index contributed by atoms with van der Waals surface area (Å²) in [6, 6.07) is 3.49. The minimum absolute atomic E-state index is 0.0207. The van der Waals surface area contributed by atoms with Crippen LogP contribution in [0.3, 0.4) is 0 Å². The summed E-state index contributed by atoms with van der Waals surface area (Å²) in [6.07, 6.45) is 5.64. The van der Waals surface area contributed by atoms with Gasteiger partial charge < -0.3 is 11.1 Å². The maximum atomic E-state index is 12.4. The summed E-state index contributed by atoms with van der Waals surface area (Å²) in [5.74, 6) is 0.00727. The molecule has 0 saturated heterocycles. The highest BCUT2D eigenvalue weighted by atomic mass is 16.1. The number of nitrogen functional groups attached to an aromatic ring is 1. The molecule has 154 valence electrons. The standard InChI is InChI=1S/C21H24N4O2.C2H6/c1-6-15(12(3)8-13(4)18(26)7-2)16-9-14-11-24-19(22)10-17(14)25-20(16)21(27)23-5;1-2/h6,8-11H,4,7H2,1-3,5H3,(H2,22,24)(H,23,27);1-2H3/b12-8-,15-6+;. The van der Waals surface area contributed by atoms with Crippen molar-refractivity contribution in [1.29, 1.82) is 0 Å². The highest BCUT2D eigenvalue weighted by Crippen LogP contribution is 2.29. The van der Waals surface area contributed by atoms with Crippen molar-refractivity contribution in [3.05, 3.63) is 59.5 Å². The summed E-state index contributed by atoms with van der Waals surface area (Å²) in [4.78, 5) is 32.9. The second kappa shape index (κ2) is 10.9. The van der Waals surface area contributed by atoms with E-state index in [1.807, 2.05) is 39.8 Å². The van der Waals surface area contributed by atoms with Crippen molar-refractivity contribution in [2.45, 2.75) is 41.0 Å². The molecule has 0 bridgehead atoms. The third kappa shape index (κ3) is 5.60. The molecule has 0 aliphatic carbocycles. The number of fused-ring (bicyclic) bond motifs is 1. The molecule has 0 radical (unpaired) electrons. The molecule has 2 rings (SSSR count). The fourth-order valence-electron chi connectivity index (χ4n) is 2.82. The largest absolute Gasteiger partial charge is 0.384 e. The summed E-state index contributed by atoms with van der Waals surface area (Å²) in [6.45, 7) is 13.4. The van der Waals surface area contributed by atoms with Crippen LogP contribution in [-0.2, 0) is 4.79 Å². The van der Waals surface area contributed by atoms with E-state index in [9.17, 15) is 9.59 Å². The number of nitrogens with one attached hydrogen (secondary N) is 1. The van der Waals surface area contributed by atoms with Gasteiger partial charge in [-0.25, -0.2) is 9.97 Å². The van der Waals surface area contributed by atoms with E-state index in [4.69, 9.17) is 5.73 Å². The Bertz CT molecular complexity index is 988. The number of rotatable bonds is 6. The van der Waals surface area contributed by atoms with Crippen molar-refractivity contribution in [3.8, 4) is 0 Å². The zero-order chi connectivity index (χ0) is 22.1. The Morgan fingerprint density at radius 1 is 1.28 bits per heavy atom. The van der Waals surface area contributed by atoms with Gasteiger partial charge in [0.05, 0.1) is 5.52 Å². The fraction of sp³-hybridized carbons (Fsp3) is 0.304. The number of aromatic nitrogens is 2. The zero-order valence-electron chi connectivity index (χ0n) is 18.1. The lowest BCUT2D eigenvalue weighted by Gasteiger charge is -2.14. The normalized spacial score (nSPS) is 11.5. The van der Waals surface area contributed by atoms with E-state index < -0.39 is 0 Å². The van der Waals surface area contributed by atoms with Gasteiger partial charge in [0, 0.05) is 42.3 Å². The van der Waals surface area contributed by atoms with E-state index in [2.05, 4.69) is 21.9 Å². The van der Waals surface area contributed by atoms with Crippen molar-refractivity contribution in [3.63, 3.8) is 0 Å². The number of nitrogens with two attached hydrogens (primary N) is 1. The molecule has 3 N–H and O–H groups in total. The smallest absolute Gasteiger partial charge is 0.270 e. The van der Waals surface area contributed by atoms with E-state index in [0.29, 0.717) is 28.9 Å². The van der Waals surface area contributed by atoms with Gasteiger partial charge in [0.1, 0.15) is 11.5 Å². The molecule has 0 atom stereocenters. The SMILES string of the molecule is C=C(/C=C(C)\C(=C/C)c1cc2cnc(N)cc2nc1C(=O)NC)C(=O)CC.CC. The fourth-order valence-corrected chi connectivity index (χ4v) is 2.82. The quantitative estimate of drug-likeness (QED) is 0.556. The maximum absolute atomic E-state index is 12.4. The van der Waals surface area contributed by atoms with Gasteiger partial charge in [-0.3, -0.25) is 9.59 Å². The van der Waals surface area contributed by atoms with Gasteiger partial charge in [-0.2, -0.15) is 0 Å². The van der Waals surface area contributed by atoms with Crippen molar-refractivity contribution in [2.75, 3.05) is 12.8 Å². The lowest BCUT2D eigenvalue weighted by atomic mass is 9.93. The molecule has 0 unspecified atom stereocenters. The van der Waals surface area contributed by atoms with Gasteiger partial charge in [0.25, 0.3) is 5.91 Å². The van der Waals surface area contributed by atoms with Crippen LogP contribution in [0.5, 0.6) is 0 Å². The number of carbonyl (C=O) groups is 2. The first kappa shape index (κ1) is 23.8. The number of amides is 1. The molecule has 0 fully saturated rings. The summed E-state index contributed by atoms with van der Waals surface area (Å²) in [5.41, 5.74) is 9.31. The molecule has 29 heavy (non-hydrogen) atoms. The van der Waals surface area contributed by atoms with Crippen LogP contribution in [0.2, 0.25) is 0 Å². The second-order valence-electron chi connectivity index (χ2n) is 6.10. The predicted molar refractivity (Wildman–Crippen MR) is 121 cm³/mol. The Kier molecular flexibility index (Phi) is 8.93. The Morgan fingerprint density at radius 3 is 2.48 bits per heavy atom. The number of nitrogens with zero attached hydrogens (tertiary/aromatic N) is 2. The monoisotopic (exact) mass is 394 g/mol. The number of carbonyl (C=O) groups excluding carboxylic acids is 2. The molecule has 6 heteroatoms. The number of allylic oxidation sites excluding steroid dienone is 5. The van der Waals surface area contributed by atoms with E-state index in [-0.39, 0.29) is 17.4 Å². The van der Waals surface area contributed by atoms with Crippen LogP contribution in [0.15, 0.2) is 48.2 Å². The topological polar surface area (TPSA) is 98.0 Å². The maximum Gasteiger partial charge on any atom is 0.270 e. The molecular formula is C23H30N4O2. The predicted octanol–water partition coefficient (Wildman–Crippen LogP) is 4.48. The van der Waals surface area contributed by atoms with Crippen LogP contribution in [0, 0.1) is 0 Å². The van der Waals surface area contributed by atoms with Crippen LogP contribution < -0.4 is 11.1 Å². The first-order valence-corrected chi connectivity index (χ1v) is 9.68. The first-order chi connectivity index (χ1) is 13.8. The highest BCUT2D eigenvalue weighted by Gasteiger charge is 2.18. The van der Waals surface area contributed by atoms with Crippen LogP contribution in [0.4, 0.5) is 5.82 Å². The Labute approximate surface area is 172 Å². The lowest BCUT2D eigenvalue weighted by Crippen LogP contribution is -2.21. The number of ketones is 1.